The molecule has 186 valence electrons. The van der Waals surface area contributed by atoms with Crippen LogP contribution in [0.3, 0.4) is 0 Å². The number of fused-ring (bicyclic) bond motifs is 1. The van der Waals surface area contributed by atoms with E-state index in [0.717, 1.165) is 10.8 Å². The fourth-order valence-electron chi connectivity index (χ4n) is 3.62. The highest BCUT2D eigenvalue weighted by Crippen LogP contribution is 2.25. The largest absolute Gasteiger partial charge is 0.483 e. The Hall–Kier alpha value is -4.81. The summed E-state index contributed by atoms with van der Waals surface area (Å²) in [6.07, 6.45) is 0. The summed E-state index contributed by atoms with van der Waals surface area (Å²) >= 11 is 0. The van der Waals surface area contributed by atoms with Gasteiger partial charge in [-0.15, -0.1) is 0 Å². The lowest BCUT2D eigenvalue weighted by Crippen LogP contribution is -2.36. The van der Waals surface area contributed by atoms with Crippen molar-refractivity contribution in [1.82, 2.24) is 30.6 Å². The van der Waals surface area contributed by atoms with Crippen LogP contribution < -0.4 is 15.4 Å². The third-order valence-electron chi connectivity index (χ3n) is 5.32. The van der Waals surface area contributed by atoms with Crippen LogP contribution in [0.1, 0.15) is 27.9 Å². The Morgan fingerprint density at radius 3 is 2.64 bits per heavy atom. The highest BCUT2D eigenvalue weighted by atomic mass is 16.6. The van der Waals surface area contributed by atoms with Crippen molar-refractivity contribution in [1.29, 1.82) is 0 Å². The maximum Gasteiger partial charge on any atom is 0.316 e. The minimum absolute atomic E-state index is 0.00402. The van der Waals surface area contributed by atoms with E-state index in [-0.39, 0.29) is 55.2 Å². The number of rotatable bonds is 10. The molecule has 0 bridgehead atoms. The molecule has 0 spiro atoms. The van der Waals surface area contributed by atoms with Crippen molar-refractivity contribution >= 4 is 28.3 Å². The molecule has 0 aliphatic rings. The molecular weight excluding hydrogens is 470 g/mol. The molecule has 2 aromatic carbocycles. The van der Waals surface area contributed by atoms with Crippen molar-refractivity contribution in [2.45, 2.75) is 20.4 Å². The van der Waals surface area contributed by atoms with Crippen molar-refractivity contribution in [3.8, 4) is 5.75 Å². The Kier molecular flexibility index (Phi) is 7.18. The average Bonchev–Trinajstić information content (AvgIpc) is 3.44. The van der Waals surface area contributed by atoms with Crippen LogP contribution in [0.15, 0.2) is 47.0 Å². The molecule has 0 saturated carbocycles. The number of aryl methyl sites for hydroxylation is 1. The van der Waals surface area contributed by atoms with Gasteiger partial charge >= 0.3 is 17.5 Å². The van der Waals surface area contributed by atoms with Crippen LogP contribution in [0, 0.1) is 24.0 Å². The molecule has 4 rings (SSSR count). The molecule has 2 N–H and O–H groups in total. The minimum atomic E-state index is -0.616. The van der Waals surface area contributed by atoms with Crippen LogP contribution in [0.2, 0.25) is 0 Å². The minimum Gasteiger partial charge on any atom is -0.483 e. The van der Waals surface area contributed by atoms with E-state index < -0.39 is 10.8 Å². The monoisotopic (exact) mass is 493 g/mol. The number of nitrogens with zero attached hydrogens (tertiary/aromatic N) is 5. The molecule has 13 heteroatoms. The van der Waals surface area contributed by atoms with Gasteiger partial charge in [0, 0.05) is 18.5 Å². The van der Waals surface area contributed by atoms with E-state index in [1.54, 1.807) is 13.0 Å². The molecule has 13 nitrogen and oxygen atoms in total. The Morgan fingerprint density at radius 2 is 1.86 bits per heavy atom. The maximum atomic E-state index is 12.2. The van der Waals surface area contributed by atoms with Gasteiger partial charge in [0.15, 0.2) is 12.4 Å². The van der Waals surface area contributed by atoms with Crippen molar-refractivity contribution in [3.05, 3.63) is 75.7 Å². The Labute approximate surface area is 204 Å². The SMILES string of the molecule is Cc1nn(Cc2noc(C(=O)NCCNC(=O)COc3cccc4ccccc34)n2)c(C)c1[N+](=O)[O-]. The van der Waals surface area contributed by atoms with E-state index >= 15 is 0 Å². The van der Waals surface area contributed by atoms with Gasteiger partial charge in [-0.3, -0.25) is 24.4 Å². The number of hydrogen-bond donors (Lipinski definition) is 2. The predicted octanol–water partition coefficient (Wildman–Crippen LogP) is 1.92. The van der Waals surface area contributed by atoms with Gasteiger partial charge in [0.2, 0.25) is 0 Å². The molecule has 4 aromatic rings. The number of ether oxygens (including phenoxy) is 1. The Bertz CT molecular complexity index is 1420. The zero-order valence-electron chi connectivity index (χ0n) is 19.6. The summed E-state index contributed by atoms with van der Waals surface area (Å²) in [5, 5.41) is 26.1. The van der Waals surface area contributed by atoms with E-state index in [0.29, 0.717) is 11.4 Å². The fourth-order valence-corrected chi connectivity index (χ4v) is 3.62. The number of aromatic nitrogens is 4. The molecule has 0 fully saturated rings. The third kappa shape index (κ3) is 5.46. The van der Waals surface area contributed by atoms with Crippen LogP contribution >= 0.6 is 0 Å². The first-order valence-electron chi connectivity index (χ1n) is 11.0. The van der Waals surface area contributed by atoms with E-state index in [1.807, 2.05) is 36.4 Å². The van der Waals surface area contributed by atoms with Gasteiger partial charge in [-0.2, -0.15) is 10.1 Å². The zero-order chi connectivity index (χ0) is 25.7. The van der Waals surface area contributed by atoms with Crippen molar-refractivity contribution < 1.29 is 23.8 Å². The lowest BCUT2D eigenvalue weighted by Gasteiger charge is -2.10. The molecule has 0 aliphatic heterocycles. The standard InChI is InChI=1S/C23H23N7O6/c1-14-21(30(33)34)15(2)29(27-14)12-19-26-23(36-28-19)22(32)25-11-10-24-20(31)13-35-18-9-5-7-16-6-3-4-8-17(16)18/h3-9H,10-13H2,1-2H3,(H,24,31)(H,25,32). The topological polar surface area (TPSA) is 167 Å². The third-order valence-corrected chi connectivity index (χ3v) is 5.32. The smallest absolute Gasteiger partial charge is 0.316 e. The normalized spacial score (nSPS) is 10.8. The zero-order valence-corrected chi connectivity index (χ0v) is 19.6. The van der Waals surface area contributed by atoms with Crippen molar-refractivity contribution in [2.24, 2.45) is 0 Å². The first kappa shape index (κ1) is 24.3. The first-order valence-corrected chi connectivity index (χ1v) is 11.0. The number of nitro groups is 1. The molecule has 36 heavy (non-hydrogen) atoms. The number of amides is 2. The Balaban J connectivity index is 1.21. The average molecular weight is 493 g/mol. The van der Waals surface area contributed by atoms with E-state index in [2.05, 4.69) is 25.9 Å². The number of carbonyl (C=O) groups is 2. The quantitative estimate of drug-likeness (QED) is 0.190. The van der Waals surface area contributed by atoms with Crippen LogP contribution in [0.4, 0.5) is 5.69 Å². The van der Waals surface area contributed by atoms with Crippen LogP contribution in [0.25, 0.3) is 10.8 Å². The first-order chi connectivity index (χ1) is 17.3. The van der Waals surface area contributed by atoms with Crippen LogP contribution in [-0.2, 0) is 11.3 Å². The van der Waals surface area contributed by atoms with Gasteiger partial charge < -0.3 is 19.9 Å². The molecule has 0 saturated heterocycles. The highest BCUT2D eigenvalue weighted by Gasteiger charge is 2.23. The van der Waals surface area contributed by atoms with Gasteiger partial charge in [0.1, 0.15) is 23.7 Å². The molecule has 0 aliphatic carbocycles. The highest BCUT2D eigenvalue weighted by molar-refractivity contribution is 5.89. The molecule has 2 aromatic heterocycles. The summed E-state index contributed by atoms with van der Waals surface area (Å²) in [4.78, 5) is 39.0. The molecular formula is C23H23N7O6. The lowest BCUT2D eigenvalue weighted by atomic mass is 10.1. The molecule has 2 heterocycles. The number of carbonyl (C=O) groups excluding carboxylic acids is 2. The number of hydrogen-bond acceptors (Lipinski definition) is 9. The molecule has 2 amide bonds. The van der Waals surface area contributed by atoms with E-state index in [4.69, 9.17) is 9.26 Å². The second kappa shape index (κ2) is 10.6. The van der Waals surface area contributed by atoms with Gasteiger partial charge in [-0.05, 0) is 25.3 Å². The van der Waals surface area contributed by atoms with Crippen molar-refractivity contribution in [3.63, 3.8) is 0 Å². The summed E-state index contributed by atoms with van der Waals surface area (Å²) in [7, 11) is 0. The maximum absolute atomic E-state index is 12.2. The lowest BCUT2D eigenvalue weighted by molar-refractivity contribution is -0.386. The van der Waals surface area contributed by atoms with Gasteiger partial charge in [-0.1, -0.05) is 41.6 Å². The van der Waals surface area contributed by atoms with E-state index in [1.165, 1.54) is 11.6 Å². The van der Waals surface area contributed by atoms with Crippen LogP contribution in [0.5, 0.6) is 5.75 Å². The summed E-state index contributed by atoms with van der Waals surface area (Å²) in [5.74, 6) is -0.476. The fraction of sp³-hybridized carbons (Fsp3) is 0.261. The molecule has 0 unspecified atom stereocenters. The predicted molar refractivity (Wildman–Crippen MR) is 127 cm³/mol. The van der Waals surface area contributed by atoms with Gasteiger partial charge in [0.25, 0.3) is 5.91 Å². The van der Waals surface area contributed by atoms with E-state index in [9.17, 15) is 19.7 Å². The molecule has 0 radical (unpaired) electrons. The number of benzene rings is 2. The van der Waals surface area contributed by atoms with Gasteiger partial charge in [0.05, 0.1) is 4.92 Å². The summed E-state index contributed by atoms with van der Waals surface area (Å²) in [6.45, 7) is 3.22. The van der Waals surface area contributed by atoms with Gasteiger partial charge in [-0.25, -0.2) is 0 Å². The Morgan fingerprint density at radius 1 is 1.11 bits per heavy atom. The summed E-state index contributed by atoms with van der Waals surface area (Å²) in [5.41, 5.74) is 0.526. The second-order valence-corrected chi connectivity index (χ2v) is 7.82. The summed E-state index contributed by atoms with van der Waals surface area (Å²) < 4.78 is 12.0. The van der Waals surface area contributed by atoms with Crippen LogP contribution in [-0.4, -0.2) is 56.4 Å². The number of nitrogens with one attached hydrogen (secondary N) is 2. The van der Waals surface area contributed by atoms with Crippen molar-refractivity contribution in [2.75, 3.05) is 19.7 Å². The second-order valence-electron chi connectivity index (χ2n) is 7.82. The summed E-state index contributed by atoms with van der Waals surface area (Å²) in [6, 6.07) is 13.3. The molecule has 0 atom stereocenters.